The monoisotopic (exact) mass is 334 g/mol. The van der Waals surface area contributed by atoms with E-state index in [0.717, 1.165) is 22.7 Å². The Hall–Kier alpha value is -2.18. The molecular formula is C16H19ClN4O2. The minimum atomic E-state index is 0.433. The van der Waals surface area contributed by atoms with E-state index in [1.165, 1.54) is 0 Å². The molecule has 2 heterocycles. The number of halogens is 1. The van der Waals surface area contributed by atoms with E-state index < -0.39 is 0 Å². The van der Waals surface area contributed by atoms with Crippen LogP contribution in [-0.2, 0) is 11.9 Å². The molecule has 0 aliphatic carbocycles. The van der Waals surface area contributed by atoms with Gasteiger partial charge < -0.3 is 15.3 Å². The van der Waals surface area contributed by atoms with Gasteiger partial charge in [-0.05, 0) is 31.2 Å². The molecule has 2 aromatic rings. The minimum Gasteiger partial charge on any atom is -0.492 e. The standard InChI is InChI=1S/C16H19ClN4O2/c1-11-5-7-21(23-11)12-3-4-15(22-8-6-18)13(9-12)16-14(17)10-19-20(16)2/h3-5,9-10H,6-8,18H2,1-2H3. The van der Waals surface area contributed by atoms with Crippen molar-refractivity contribution in [2.45, 2.75) is 6.92 Å². The van der Waals surface area contributed by atoms with Crippen LogP contribution in [0.25, 0.3) is 11.3 Å². The maximum Gasteiger partial charge on any atom is 0.128 e. The fourth-order valence-electron chi connectivity index (χ4n) is 2.48. The van der Waals surface area contributed by atoms with E-state index in [1.54, 1.807) is 10.9 Å². The first-order valence-corrected chi connectivity index (χ1v) is 7.75. The average Bonchev–Trinajstić information content (AvgIpc) is 3.11. The second-order valence-corrected chi connectivity index (χ2v) is 5.66. The van der Waals surface area contributed by atoms with Gasteiger partial charge in [0, 0.05) is 19.2 Å². The maximum atomic E-state index is 6.30. The molecule has 0 bridgehead atoms. The van der Waals surface area contributed by atoms with Crippen molar-refractivity contribution in [2.75, 3.05) is 24.8 Å². The Morgan fingerprint density at radius 2 is 2.26 bits per heavy atom. The van der Waals surface area contributed by atoms with Gasteiger partial charge in [0.05, 0.1) is 29.1 Å². The smallest absolute Gasteiger partial charge is 0.128 e. The molecule has 0 atom stereocenters. The Morgan fingerprint density at radius 1 is 1.43 bits per heavy atom. The first-order chi connectivity index (χ1) is 11.1. The number of ether oxygens (including phenoxy) is 1. The van der Waals surface area contributed by atoms with Gasteiger partial charge in [0.15, 0.2) is 0 Å². The van der Waals surface area contributed by atoms with E-state index in [1.807, 2.05) is 43.3 Å². The zero-order valence-electron chi connectivity index (χ0n) is 13.1. The number of allylic oxidation sites excluding steroid dienone is 1. The number of rotatable bonds is 5. The third-order valence-electron chi connectivity index (χ3n) is 3.57. The first-order valence-electron chi connectivity index (χ1n) is 7.37. The molecule has 0 radical (unpaired) electrons. The molecule has 122 valence electrons. The predicted octanol–water partition coefficient (Wildman–Crippen LogP) is 2.73. The summed E-state index contributed by atoms with van der Waals surface area (Å²) in [5, 5.41) is 6.59. The molecule has 0 amide bonds. The molecule has 0 saturated heterocycles. The van der Waals surface area contributed by atoms with Gasteiger partial charge in [-0.3, -0.25) is 4.68 Å². The maximum absolute atomic E-state index is 6.30. The summed E-state index contributed by atoms with van der Waals surface area (Å²) in [4.78, 5) is 5.68. The molecular weight excluding hydrogens is 316 g/mol. The highest BCUT2D eigenvalue weighted by atomic mass is 35.5. The van der Waals surface area contributed by atoms with Crippen LogP contribution >= 0.6 is 11.6 Å². The van der Waals surface area contributed by atoms with Gasteiger partial charge >= 0.3 is 0 Å². The van der Waals surface area contributed by atoms with E-state index in [2.05, 4.69) is 5.10 Å². The van der Waals surface area contributed by atoms with E-state index in [-0.39, 0.29) is 0 Å². The highest BCUT2D eigenvalue weighted by Crippen LogP contribution is 2.38. The summed E-state index contributed by atoms with van der Waals surface area (Å²) in [7, 11) is 1.85. The quantitative estimate of drug-likeness (QED) is 0.910. The Kier molecular flexibility index (Phi) is 4.45. The van der Waals surface area contributed by atoms with Crippen LogP contribution in [0.3, 0.4) is 0 Å². The summed E-state index contributed by atoms with van der Waals surface area (Å²) in [6.07, 6.45) is 3.64. The Labute approximate surface area is 140 Å². The van der Waals surface area contributed by atoms with Crippen LogP contribution in [0.5, 0.6) is 5.75 Å². The number of anilines is 1. The van der Waals surface area contributed by atoms with Crippen molar-refractivity contribution in [2.24, 2.45) is 12.8 Å². The lowest BCUT2D eigenvalue weighted by Gasteiger charge is -2.20. The number of hydrogen-bond donors (Lipinski definition) is 1. The second kappa shape index (κ2) is 6.52. The Morgan fingerprint density at radius 3 is 2.87 bits per heavy atom. The van der Waals surface area contributed by atoms with Crippen LogP contribution in [0, 0.1) is 0 Å². The largest absolute Gasteiger partial charge is 0.492 e. The molecule has 0 saturated carbocycles. The minimum absolute atomic E-state index is 0.433. The molecule has 1 aliphatic heterocycles. The second-order valence-electron chi connectivity index (χ2n) is 5.25. The molecule has 7 heteroatoms. The van der Waals surface area contributed by atoms with Crippen molar-refractivity contribution < 1.29 is 9.57 Å². The van der Waals surface area contributed by atoms with Crippen molar-refractivity contribution in [1.29, 1.82) is 0 Å². The average molecular weight is 335 g/mol. The number of hydrogen-bond acceptors (Lipinski definition) is 5. The molecule has 3 rings (SSSR count). The zero-order chi connectivity index (χ0) is 16.4. The van der Waals surface area contributed by atoms with Crippen molar-refractivity contribution in [3.63, 3.8) is 0 Å². The zero-order valence-corrected chi connectivity index (χ0v) is 13.9. The van der Waals surface area contributed by atoms with Gasteiger partial charge in [-0.25, -0.2) is 5.06 Å². The van der Waals surface area contributed by atoms with Crippen molar-refractivity contribution in [3.05, 3.63) is 41.3 Å². The lowest BCUT2D eigenvalue weighted by Crippen LogP contribution is -2.17. The molecule has 6 nitrogen and oxygen atoms in total. The topological polar surface area (TPSA) is 65.5 Å². The fraction of sp³-hybridized carbons (Fsp3) is 0.312. The molecule has 23 heavy (non-hydrogen) atoms. The molecule has 0 fully saturated rings. The van der Waals surface area contributed by atoms with Gasteiger partial charge in [-0.15, -0.1) is 0 Å². The summed E-state index contributed by atoms with van der Waals surface area (Å²) in [5.41, 5.74) is 8.12. The van der Waals surface area contributed by atoms with Gasteiger partial charge in [0.25, 0.3) is 0 Å². The van der Waals surface area contributed by atoms with Gasteiger partial charge in [0.1, 0.15) is 18.1 Å². The lowest BCUT2D eigenvalue weighted by atomic mass is 10.1. The van der Waals surface area contributed by atoms with E-state index in [0.29, 0.717) is 30.5 Å². The van der Waals surface area contributed by atoms with Crippen molar-refractivity contribution in [3.8, 4) is 17.0 Å². The van der Waals surface area contributed by atoms with Gasteiger partial charge in [-0.1, -0.05) is 11.6 Å². The number of nitrogens with two attached hydrogens (primary N) is 1. The lowest BCUT2D eigenvalue weighted by molar-refractivity contribution is 0.214. The van der Waals surface area contributed by atoms with Crippen LogP contribution in [0.2, 0.25) is 5.02 Å². The predicted molar refractivity (Wildman–Crippen MR) is 90.4 cm³/mol. The van der Waals surface area contributed by atoms with E-state index >= 15 is 0 Å². The van der Waals surface area contributed by atoms with Crippen molar-refractivity contribution >= 4 is 17.3 Å². The van der Waals surface area contributed by atoms with Crippen LogP contribution in [0.1, 0.15) is 6.92 Å². The fourth-order valence-corrected chi connectivity index (χ4v) is 2.75. The number of nitrogens with zero attached hydrogens (tertiary/aromatic N) is 3. The normalized spacial score (nSPS) is 13.9. The number of aromatic nitrogens is 2. The van der Waals surface area contributed by atoms with Crippen LogP contribution in [-0.4, -0.2) is 29.5 Å². The molecule has 1 aromatic carbocycles. The van der Waals surface area contributed by atoms with Crippen LogP contribution < -0.4 is 15.5 Å². The molecule has 0 unspecified atom stereocenters. The summed E-state index contributed by atoms with van der Waals surface area (Å²) >= 11 is 6.30. The SMILES string of the molecule is CC1=CCN(c2ccc(OCCN)c(-c3c(Cl)cnn3C)c2)O1. The third-order valence-corrected chi connectivity index (χ3v) is 3.85. The van der Waals surface area contributed by atoms with Crippen LogP contribution in [0.4, 0.5) is 5.69 Å². The van der Waals surface area contributed by atoms with Gasteiger partial charge in [0.2, 0.25) is 0 Å². The Bertz CT molecular complexity index is 722. The highest BCUT2D eigenvalue weighted by Gasteiger charge is 2.19. The van der Waals surface area contributed by atoms with Crippen molar-refractivity contribution in [1.82, 2.24) is 9.78 Å². The molecule has 1 aliphatic rings. The highest BCUT2D eigenvalue weighted by molar-refractivity contribution is 6.33. The molecule has 1 aromatic heterocycles. The number of hydroxylamine groups is 1. The summed E-state index contributed by atoms with van der Waals surface area (Å²) < 4.78 is 7.49. The van der Waals surface area contributed by atoms with Crippen LogP contribution in [0.15, 0.2) is 36.2 Å². The third kappa shape index (κ3) is 3.13. The number of benzene rings is 1. The molecule has 2 N–H and O–H groups in total. The summed E-state index contributed by atoms with van der Waals surface area (Å²) in [6.45, 7) is 3.51. The summed E-state index contributed by atoms with van der Waals surface area (Å²) in [6, 6.07) is 5.84. The molecule has 0 spiro atoms. The number of aryl methyl sites for hydroxylation is 1. The summed E-state index contributed by atoms with van der Waals surface area (Å²) in [5.74, 6) is 1.60. The Balaban J connectivity index is 2.02. The van der Waals surface area contributed by atoms with E-state index in [4.69, 9.17) is 26.9 Å². The van der Waals surface area contributed by atoms with Gasteiger partial charge in [-0.2, -0.15) is 5.10 Å². The van der Waals surface area contributed by atoms with E-state index in [9.17, 15) is 0 Å². The first kappa shape index (κ1) is 15.7.